The van der Waals surface area contributed by atoms with Crippen LogP contribution in [-0.4, -0.2) is 26.5 Å². The number of rotatable bonds is 1. The Bertz CT molecular complexity index is 240. The molecule has 3 nitrogen and oxygen atoms in total. The van der Waals surface area contributed by atoms with Crippen molar-refractivity contribution in [3.05, 3.63) is 11.6 Å². The van der Waals surface area contributed by atoms with E-state index in [4.69, 9.17) is 5.73 Å². The molecule has 0 saturated carbocycles. The van der Waals surface area contributed by atoms with Crippen LogP contribution in [0, 0.1) is 0 Å². The van der Waals surface area contributed by atoms with Crippen LogP contribution in [0.4, 0.5) is 0 Å². The summed E-state index contributed by atoms with van der Waals surface area (Å²) in [5.41, 5.74) is 6.20. The van der Waals surface area contributed by atoms with Gasteiger partial charge in [-0.15, -0.1) is 0 Å². The van der Waals surface area contributed by atoms with Crippen LogP contribution in [0.15, 0.2) is 11.6 Å². The van der Waals surface area contributed by atoms with E-state index in [0.717, 1.165) is 5.57 Å². The van der Waals surface area contributed by atoms with Crippen molar-refractivity contribution in [1.82, 2.24) is 0 Å². The van der Waals surface area contributed by atoms with Gasteiger partial charge in [0, 0.05) is 6.54 Å². The third-order valence-electron chi connectivity index (χ3n) is 1.55. The number of sulfone groups is 1. The van der Waals surface area contributed by atoms with Gasteiger partial charge in [-0.3, -0.25) is 0 Å². The van der Waals surface area contributed by atoms with Gasteiger partial charge in [-0.1, -0.05) is 11.6 Å². The Kier molecular flexibility index (Phi) is 2.11. The van der Waals surface area contributed by atoms with E-state index in [1.165, 1.54) is 0 Å². The molecular formula is C6H11NO2S. The minimum absolute atomic E-state index is 0.226. The van der Waals surface area contributed by atoms with E-state index in [1.807, 2.05) is 0 Å². The van der Waals surface area contributed by atoms with Crippen LogP contribution in [0.3, 0.4) is 0 Å². The van der Waals surface area contributed by atoms with Crippen LogP contribution in [-0.2, 0) is 9.84 Å². The predicted molar refractivity (Wildman–Crippen MR) is 40.4 cm³/mol. The summed E-state index contributed by atoms with van der Waals surface area (Å²) in [7, 11) is -2.74. The summed E-state index contributed by atoms with van der Waals surface area (Å²) in [6.07, 6.45) is 2.48. The van der Waals surface area contributed by atoms with Crippen LogP contribution in [0.5, 0.6) is 0 Å². The zero-order valence-corrected chi connectivity index (χ0v) is 6.52. The van der Waals surface area contributed by atoms with Gasteiger partial charge < -0.3 is 5.73 Å². The lowest BCUT2D eigenvalue weighted by molar-refractivity contribution is 0.602. The number of hydrogen-bond acceptors (Lipinski definition) is 3. The molecule has 2 N–H and O–H groups in total. The molecule has 0 spiro atoms. The molecule has 1 fully saturated rings. The van der Waals surface area contributed by atoms with Gasteiger partial charge in [0.2, 0.25) is 0 Å². The van der Waals surface area contributed by atoms with Crippen LogP contribution >= 0.6 is 0 Å². The fraction of sp³-hybridized carbons (Fsp3) is 0.667. The maximum atomic E-state index is 10.8. The van der Waals surface area contributed by atoms with E-state index in [2.05, 4.69) is 0 Å². The number of hydrogen-bond donors (Lipinski definition) is 1. The zero-order chi connectivity index (χ0) is 7.61. The first-order valence-corrected chi connectivity index (χ1v) is 5.04. The van der Waals surface area contributed by atoms with Gasteiger partial charge in [-0.05, 0) is 6.42 Å². The lowest BCUT2D eigenvalue weighted by Crippen LogP contribution is -2.00. The first-order chi connectivity index (χ1) is 4.64. The van der Waals surface area contributed by atoms with Crippen molar-refractivity contribution in [3.8, 4) is 0 Å². The van der Waals surface area contributed by atoms with Crippen molar-refractivity contribution in [3.63, 3.8) is 0 Å². The highest BCUT2D eigenvalue weighted by molar-refractivity contribution is 7.91. The Hall–Kier alpha value is -0.350. The first kappa shape index (κ1) is 7.75. The second-order valence-corrected chi connectivity index (χ2v) is 4.62. The highest BCUT2D eigenvalue weighted by Crippen LogP contribution is 2.16. The Morgan fingerprint density at radius 1 is 1.60 bits per heavy atom. The molecule has 1 heterocycles. The summed E-state index contributed by atoms with van der Waals surface area (Å²) in [5.74, 6) is 0.531. The summed E-state index contributed by atoms with van der Waals surface area (Å²) in [5, 5.41) is 0. The van der Waals surface area contributed by atoms with Gasteiger partial charge >= 0.3 is 0 Å². The van der Waals surface area contributed by atoms with Crippen LogP contribution in [0.25, 0.3) is 0 Å². The van der Waals surface area contributed by atoms with E-state index in [9.17, 15) is 8.42 Å². The molecule has 0 atom stereocenters. The molecule has 0 aliphatic carbocycles. The highest BCUT2D eigenvalue weighted by atomic mass is 32.2. The van der Waals surface area contributed by atoms with Gasteiger partial charge in [0.05, 0.1) is 11.5 Å². The SMILES string of the molecule is NCC=C1CCS(=O)(=O)C1. The average molecular weight is 161 g/mol. The van der Waals surface area contributed by atoms with Crippen molar-refractivity contribution >= 4 is 9.84 Å². The van der Waals surface area contributed by atoms with Gasteiger partial charge in [-0.2, -0.15) is 0 Å². The van der Waals surface area contributed by atoms with Gasteiger partial charge in [0.25, 0.3) is 0 Å². The molecule has 10 heavy (non-hydrogen) atoms. The fourth-order valence-corrected chi connectivity index (χ4v) is 2.59. The van der Waals surface area contributed by atoms with Gasteiger partial charge in [0.15, 0.2) is 9.84 Å². The molecule has 0 unspecified atom stereocenters. The second-order valence-electron chi connectivity index (χ2n) is 2.44. The lowest BCUT2D eigenvalue weighted by atomic mass is 10.2. The summed E-state index contributed by atoms with van der Waals surface area (Å²) < 4.78 is 21.7. The van der Waals surface area contributed by atoms with Crippen LogP contribution in [0.2, 0.25) is 0 Å². The summed E-state index contributed by atoms with van der Waals surface area (Å²) in [6, 6.07) is 0. The lowest BCUT2D eigenvalue weighted by Gasteiger charge is -1.88. The van der Waals surface area contributed by atoms with Crippen molar-refractivity contribution in [1.29, 1.82) is 0 Å². The van der Waals surface area contributed by atoms with Crippen molar-refractivity contribution in [2.75, 3.05) is 18.1 Å². The molecule has 1 saturated heterocycles. The maximum absolute atomic E-state index is 10.8. The molecule has 0 aromatic heterocycles. The van der Waals surface area contributed by atoms with E-state index in [-0.39, 0.29) is 5.75 Å². The molecule has 0 aromatic rings. The smallest absolute Gasteiger partial charge is 0.154 e. The minimum Gasteiger partial charge on any atom is -0.327 e. The summed E-state index contributed by atoms with van der Waals surface area (Å²) in [6.45, 7) is 0.449. The van der Waals surface area contributed by atoms with E-state index >= 15 is 0 Å². The number of nitrogens with two attached hydrogens (primary N) is 1. The monoisotopic (exact) mass is 161 g/mol. The average Bonchev–Trinajstić information content (AvgIpc) is 2.12. The summed E-state index contributed by atoms with van der Waals surface area (Å²) in [4.78, 5) is 0. The second kappa shape index (κ2) is 2.72. The normalized spacial score (nSPS) is 27.5. The van der Waals surface area contributed by atoms with E-state index in [0.29, 0.717) is 18.7 Å². The van der Waals surface area contributed by atoms with Gasteiger partial charge in [-0.25, -0.2) is 8.42 Å². The Morgan fingerprint density at radius 3 is 2.70 bits per heavy atom. The predicted octanol–water partition coefficient (Wildman–Crippen LogP) is -0.310. The third kappa shape index (κ3) is 1.82. The zero-order valence-electron chi connectivity index (χ0n) is 5.71. The van der Waals surface area contributed by atoms with Crippen molar-refractivity contribution in [2.24, 2.45) is 5.73 Å². The van der Waals surface area contributed by atoms with Gasteiger partial charge in [0.1, 0.15) is 0 Å². The topological polar surface area (TPSA) is 60.2 Å². The molecule has 1 rings (SSSR count). The van der Waals surface area contributed by atoms with Crippen LogP contribution < -0.4 is 5.73 Å². The molecule has 0 aromatic carbocycles. The minimum atomic E-state index is -2.74. The molecule has 0 bridgehead atoms. The molecule has 0 amide bonds. The van der Waals surface area contributed by atoms with E-state index < -0.39 is 9.84 Å². The van der Waals surface area contributed by atoms with Crippen LogP contribution in [0.1, 0.15) is 6.42 Å². The standard InChI is InChI=1S/C6H11NO2S/c7-3-1-6-2-4-10(8,9)5-6/h1H,2-5,7H2. The van der Waals surface area contributed by atoms with Crippen molar-refractivity contribution in [2.45, 2.75) is 6.42 Å². The first-order valence-electron chi connectivity index (χ1n) is 3.22. The molecule has 4 heteroatoms. The molecule has 1 aliphatic rings. The molecule has 58 valence electrons. The summed E-state index contributed by atoms with van der Waals surface area (Å²) >= 11 is 0. The Morgan fingerprint density at radius 2 is 2.30 bits per heavy atom. The third-order valence-corrected chi connectivity index (χ3v) is 3.18. The Labute approximate surface area is 60.8 Å². The fourth-order valence-electron chi connectivity index (χ4n) is 1.04. The molecule has 1 aliphatic heterocycles. The van der Waals surface area contributed by atoms with Crippen molar-refractivity contribution < 1.29 is 8.42 Å². The Balaban J connectivity index is 2.69. The molecule has 0 radical (unpaired) electrons. The molecular weight excluding hydrogens is 150 g/mol. The largest absolute Gasteiger partial charge is 0.327 e. The van der Waals surface area contributed by atoms with E-state index in [1.54, 1.807) is 6.08 Å². The maximum Gasteiger partial charge on any atom is 0.154 e. The quantitative estimate of drug-likeness (QED) is 0.537. The highest BCUT2D eigenvalue weighted by Gasteiger charge is 2.21.